The molecule has 1 aliphatic heterocycles. The molecule has 4 rings (SSSR count). The fourth-order valence-electron chi connectivity index (χ4n) is 2.76. The quantitative estimate of drug-likeness (QED) is 0.726. The van der Waals surface area contributed by atoms with Crippen LogP contribution in [0.15, 0.2) is 53.9 Å². The molecule has 26 heavy (non-hydrogen) atoms. The number of nitrogens with one attached hydrogen (secondary N) is 1. The number of carbonyl (C=O) groups excluding carboxylic acids is 1. The first-order valence-corrected chi connectivity index (χ1v) is 9.31. The van der Waals surface area contributed by atoms with E-state index < -0.39 is 0 Å². The van der Waals surface area contributed by atoms with Crippen LogP contribution in [0, 0.1) is 0 Å². The molecule has 0 saturated heterocycles. The van der Waals surface area contributed by atoms with E-state index in [9.17, 15) is 4.79 Å². The van der Waals surface area contributed by atoms with Crippen molar-refractivity contribution in [3.8, 4) is 22.1 Å². The summed E-state index contributed by atoms with van der Waals surface area (Å²) >= 11 is 1.63. The van der Waals surface area contributed by atoms with E-state index in [1.54, 1.807) is 11.3 Å². The highest BCUT2D eigenvalue weighted by Gasteiger charge is 2.14. The molecule has 2 heterocycles. The molecular formula is C20H18N2O3S. The number of rotatable bonds is 6. The number of amides is 1. The average Bonchev–Trinajstić information content (AvgIpc) is 3.31. The molecule has 0 saturated carbocycles. The van der Waals surface area contributed by atoms with Gasteiger partial charge in [0.15, 0.2) is 11.5 Å². The zero-order valence-corrected chi connectivity index (χ0v) is 14.9. The summed E-state index contributed by atoms with van der Waals surface area (Å²) in [5.74, 6) is 1.42. The van der Waals surface area contributed by atoms with Crippen LogP contribution in [-0.2, 0) is 17.6 Å². The summed E-state index contributed by atoms with van der Waals surface area (Å²) in [4.78, 5) is 16.8. The zero-order valence-electron chi connectivity index (χ0n) is 14.1. The van der Waals surface area contributed by atoms with Gasteiger partial charge in [0.1, 0.15) is 5.01 Å². The van der Waals surface area contributed by atoms with E-state index in [1.165, 1.54) is 0 Å². The second-order valence-electron chi connectivity index (χ2n) is 5.97. The first kappa shape index (κ1) is 16.6. The Balaban J connectivity index is 1.27. The van der Waals surface area contributed by atoms with Gasteiger partial charge in [0.2, 0.25) is 12.7 Å². The highest BCUT2D eigenvalue weighted by atomic mass is 32.1. The van der Waals surface area contributed by atoms with Crippen LogP contribution in [-0.4, -0.2) is 24.2 Å². The molecule has 1 aliphatic rings. The van der Waals surface area contributed by atoms with Gasteiger partial charge in [-0.2, -0.15) is 0 Å². The van der Waals surface area contributed by atoms with Crippen LogP contribution in [0.4, 0.5) is 0 Å². The minimum absolute atomic E-state index is 0.0117. The number of nitrogens with zero attached hydrogens (tertiary/aromatic N) is 1. The van der Waals surface area contributed by atoms with E-state index in [-0.39, 0.29) is 12.7 Å². The number of carbonyl (C=O) groups is 1. The molecule has 6 heteroatoms. The largest absolute Gasteiger partial charge is 0.454 e. The average molecular weight is 366 g/mol. The lowest BCUT2D eigenvalue weighted by atomic mass is 10.1. The Morgan fingerprint density at radius 3 is 2.85 bits per heavy atom. The topological polar surface area (TPSA) is 60.5 Å². The lowest BCUT2D eigenvalue weighted by Gasteiger charge is -2.05. The van der Waals surface area contributed by atoms with Gasteiger partial charge in [0, 0.05) is 23.9 Å². The lowest BCUT2D eigenvalue weighted by molar-refractivity contribution is -0.120. The number of fused-ring (bicyclic) bond motifs is 1. The van der Waals surface area contributed by atoms with Gasteiger partial charge in [0.25, 0.3) is 0 Å². The third kappa shape index (κ3) is 3.86. The maximum Gasteiger partial charge on any atom is 0.231 e. The van der Waals surface area contributed by atoms with Crippen molar-refractivity contribution >= 4 is 17.2 Å². The highest BCUT2D eigenvalue weighted by molar-refractivity contribution is 7.13. The highest BCUT2D eigenvalue weighted by Crippen LogP contribution is 2.32. The molecule has 0 radical (unpaired) electrons. The minimum Gasteiger partial charge on any atom is -0.454 e. The van der Waals surface area contributed by atoms with Crippen LogP contribution in [0.2, 0.25) is 0 Å². The molecule has 2 aromatic carbocycles. The second-order valence-corrected chi connectivity index (χ2v) is 6.83. The van der Waals surface area contributed by atoms with Crippen LogP contribution in [0.3, 0.4) is 0 Å². The number of hydrogen-bond acceptors (Lipinski definition) is 5. The van der Waals surface area contributed by atoms with Gasteiger partial charge in [-0.15, -0.1) is 11.3 Å². The number of ether oxygens (including phenoxy) is 2. The molecule has 3 aromatic rings. The summed E-state index contributed by atoms with van der Waals surface area (Å²) in [6, 6.07) is 15.7. The Labute approximate surface area is 155 Å². The van der Waals surface area contributed by atoms with Crippen LogP contribution in [0.5, 0.6) is 11.5 Å². The van der Waals surface area contributed by atoms with E-state index in [2.05, 4.69) is 22.4 Å². The second kappa shape index (κ2) is 7.58. The summed E-state index contributed by atoms with van der Waals surface area (Å²) in [5.41, 5.74) is 3.03. The lowest BCUT2D eigenvalue weighted by Crippen LogP contribution is -2.27. The Bertz CT molecular complexity index is 908. The van der Waals surface area contributed by atoms with Crippen LogP contribution >= 0.6 is 11.3 Å². The number of thiazole rings is 1. The van der Waals surface area contributed by atoms with Crippen LogP contribution in [0.1, 0.15) is 11.3 Å². The summed E-state index contributed by atoms with van der Waals surface area (Å²) in [7, 11) is 0. The van der Waals surface area contributed by atoms with Gasteiger partial charge < -0.3 is 14.8 Å². The van der Waals surface area contributed by atoms with Crippen molar-refractivity contribution in [2.45, 2.75) is 12.8 Å². The first-order chi connectivity index (χ1) is 12.8. The Morgan fingerprint density at radius 2 is 1.96 bits per heavy atom. The van der Waals surface area contributed by atoms with E-state index in [4.69, 9.17) is 9.47 Å². The molecule has 132 valence electrons. The van der Waals surface area contributed by atoms with Gasteiger partial charge in [-0.3, -0.25) is 4.79 Å². The molecule has 1 N–H and O–H groups in total. The molecule has 0 unspecified atom stereocenters. The van der Waals surface area contributed by atoms with Crippen molar-refractivity contribution in [1.82, 2.24) is 10.3 Å². The standard InChI is InChI=1S/C20H18N2O3S/c23-19(11-14-6-7-17-18(10-14)25-13-24-17)21-9-8-16-12-26-20(22-16)15-4-2-1-3-5-15/h1-7,10,12H,8-9,11,13H2,(H,21,23). The predicted octanol–water partition coefficient (Wildman–Crippen LogP) is 3.44. The van der Waals surface area contributed by atoms with E-state index in [1.807, 2.05) is 41.8 Å². The van der Waals surface area contributed by atoms with Crippen molar-refractivity contribution in [1.29, 1.82) is 0 Å². The summed E-state index contributed by atoms with van der Waals surface area (Å²) in [6.45, 7) is 0.810. The molecule has 5 nitrogen and oxygen atoms in total. The summed E-state index contributed by atoms with van der Waals surface area (Å²) < 4.78 is 10.6. The Hall–Kier alpha value is -2.86. The predicted molar refractivity (Wildman–Crippen MR) is 101 cm³/mol. The van der Waals surface area contributed by atoms with Crippen molar-refractivity contribution in [3.63, 3.8) is 0 Å². The van der Waals surface area contributed by atoms with Crippen molar-refractivity contribution < 1.29 is 14.3 Å². The number of benzene rings is 2. The van der Waals surface area contributed by atoms with E-state index in [0.29, 0.717) is 18.7 Å². The van der Waals surface area contributed by atoms with Gasteiger partial charge in [-0.1, -0.05) is 36.4 Å². The fourth-order valence-corrected chi connectivity index (χ4v) is 3.62. The van der Waals surface area contributed by atoms with Crippen molar-refractivity contribution in [2.75, 3.05) is 13.3 Å². The molecule has 1 aromatic heterocycles. The van der Waals surface area contributed by atoms with E-state index >= 15 is 0 Å². The minimum atomic E-state index is -0.0117. The monoisotopic (exact) mass is 366 g/mol. The molecule has 0 fully saturated rings. The molecule has 0 atom stereocenters. The first-order valence-electron chi connectivity index (χ1n) is 8.43. The van der Waals surface area contributed by atoms with Gasteiger partial charge in [0.05, 0.1) is 12.1 Å². The van der Waals surface area contributed by atoms with Crippen LogP contribution in [0.25, 0.3) is 10.6 Å². The zero-order chi connectivity index (χ0) is 17.8. The van der Waals surface area contributed by atoms with Crippen molar-refractivity contribution in [3.05, 3.63) is 65.2 Å². The SMILES string of the molecule is O=C(Cc1ccc2c(c1)OCO2)NCCc1csc(-c2ccccc2)n1. The smallest absolute Gasteiger partial charge is 0.231 e. The molecular weight excluding hydrogens is 348 g/mol. The maximum atomic E-state index is 12.1. The van der Waals surface area contributed by atoms with Gasteiger partial charge >= 0.3 is 0 Å². The number of aromatic nitrogens is 1. The van der Waals surface area contributed by atoms with E-state index in [0.717, 1.165) is 34.0 Å². The number of hydrogen-bond donors (Lipinski definition) is 1. The Morgan fingerprint density at radius 1 is 1.12 bits per heavy atom. The molecule has 1 amide bonds. The van der Waals surface area contributed by atoms with Crippen LogP contribution < -0.4 is 14.8 Å². The van der Waals surface area contributed by atoms with Gasteiger partial charge in [-0.25, -0.2) is 4.98 Å². The van der Waals surface area contributed by atoms with Crippen molar-refractivity contribution in [2.24, 2.45) is 0 Å². The third-order valence-electron chi connectivity index (χ3n) is 4.08. The fraction of sp³-hybridized carbons (Fsp3) is 0.200. The third-order valence-corrected chi connectivity index (χ3v) is 5.02. The maximum absolute atomic E-state index is 12.1. The van der Waals surface area contributed by atoms with Gasteiger partial charge in [-0.05, 0) is 17.7 Å². The normalized spacial score (nSPS) is 12.2. The summed E-state index contributed by atoms with van der Waals surface area (Å²) in [6.07, 6.45) is 1.04. The molecule has 0 spiro atoms. The molecule has 0 aliphatic carbocycles. The molecule has 0 bridgehead atoms. The summed E-state index contributed by atoms with van der Waals surface area (Å²) in [5, 5.41) is 6.00. The Kier molecular flexibility index (Phi) is 4.84.